The quantitative estimate of drug-likeness (QED) is 0.706. The predicted molar refractivity (Wildman–Crippen MR) is 64.6 cm³/mol. The first-order valence-electron chi connectivity index (χ1n) is 6.27. The van der Waals surface area contributed by atoms with Crippen LogP contribution in [0.15, 0.2) is 4.99 Å². The van der Waals surface area contributed by atoms with Crippen LogP contribution in [0, 0.1) is 5.41 Å². The van der Waals surface area contributed by atoms with Gasteiger partial charge in [0, 0.05) is 13.0 Å². The minimum atomic E-state index is -0.846. The van der Waals surface area contributed by atoms with E-state index in [1.807, 2.05) is 7.05 Å². The molecule has 0 unspecified atom stereocenters. The predicted octanol–water partition coefficient (Wildman–Crippen LogP) is 0.601. The lowest BCUT2D eigenvalue weighted by Gasteiger charge is -2.35. The lowest BCUT2D eigenvalue weighted by molar-refractivity contribution is -0.144. The minimum Gasteiger partial charge on any atom is -0.319 e. The molecule has 2 N–H and O–H groups in total. The molecule has 0 bridgehead atoms. The summed E-state index contributed by atoms with van der Waals surface area (Å²) in [6.07, 6.45) is 4.89. The van der Waals surface area contributed by atoms with Gasteiger partial charge in [0.25, 0.3) is 5.91 Å². The Morgan fingerprint density at radius 2 is 2.00 bits per heavy atom. The Bertz CT molecular complexity index is 357. The lowest BCUT2D eigenvalue weighted by Crippen LogP contribution is -2.53. The second-order valence-corrected chi connectivity index (χ2v) is 4.81. The Hall–Kier alpha value is -1.23. The fraction of sp³-hybridized carbons (Fsp3) is 0.750. The van der Waals surface area contributed by atoms with Gasteiger partial charge in [-0.1, -0.05) is 19.3 Å². The molecule has 0 aromatic carbocycles. The minimum absolute atomic E-state index is 0.136. The van der Waals surface area contributed by atoms with Gasteiger partial charge in [-0.3, -0.25) is 9.59 Å². The molecule has 0 saturated heterocycles. The van der Waals surface area contributed by atoms with E-state index in [4.69, 9.17) is 0 Å². The van der Waals surface area contributed by atoms with Crippen molar-refractivity contribution in [2.45, 2.75) is 38.5 Å². The molecule has 1 heterocycles. The highest BCUT2D eigenvalue weighted by Crippen LogP contribution is 2.39. The van der Waals surface area contributed by atoms with E-state index < -0.39 is 5.41 Å². The number of carbonyl (C=O) groups is 2. The molecule has 17 heavy (non-hydrogen) atoms. The van der Waals surface area contributed by atoms with Gasteiger partial charge in [0.05, 0.1) is 0 Å². The third-order valence-corrected chi connectivity index (χ3v) is 3.66. The molecule has 5 heteroatoms. The van der Waals surface area contributed by atoms with Gasteiger partial charge in [0.1, 0.15) is 11.3 Å². The summed E-state index contributed by atoms with van der Waals surface area (Å²) >= 11 is 0. The zero-order valence-corrected chi connectivity index (χ0v) is 10.2. The molecule has 2 aliphatic rings. The Balaban J connectivity index is 2.14. The Morgan fingerprint density at radius 3 is 2.59 bits per heavy atom. The van der Waals surface area contributed by atoms with Crippen LogP contribution in [-0.4, -0.2) is 31.2 Å². The van der Waals surface area contributed by atoms with Crippen LogP contribution >= 0.6 is 0 Å². The molecular weight excluding hydrogens is 218 g/mol. The molecule has 1 aliphatic carbocycles. The molecule has 2 rings (SSSR count). The van der Waals surface area contributed by atoms with Crippen LogP contribution in [-0.2, 0) is 9.59 Å². The maximum absolute atomic E-state index is 12.1. The molecule has 5 nitrogen and oxygen atoms in total. The van der Waals surface area contributed by atoms with Gasteiger partial charge in [-0.05, 0) is 19.9 Å². The molecule has 1 saturated carbocycles. The van der Waals surface area contributed by atoms with Gasteiger partial charge in [0.15, 0.2) is 0 Å². The number of amidine groups is 1. The number of hydrogen-bond acceptors (Lipinski definition) is 3. The van der Waals surface area contributed by atoms with E-state index in [-0.39, 0.29) is 11.8 Å². The fourth-order valence-corrected chi connectivity index (χ4v) is 2.56. The van der Waals surface area contributed by atoms with Crippen molar-refractivity contribution in [3.05, 3.63) is 0 Å². The highest BCUT2D eigenvalue weighted by atomic mass is 16.2. The summed E-state index contributed by atoms with van der Waals surface area (Å²) in [6.45, 7) is 0.708. The Labute approximate surface area is 101 Å². The molecule has 94 valence electrons. The first-order chi connectivity index (χ1) is 8.19. The van der Waals surface area contributed by atoms with Crippen molar-refractivity contribution < 1.29 is 9.59 Å². The standard InChI is InChI=1S/C12H19N3O2/c1-13-8-5-9-14-10(16)12(11(17)15-9)6-3-2-4-7-12/h13H,2-8H2,1H3,(H,14,15,16,17). The molecule has 0 aromatic rings. The SMILES string of the molecule is CNCCC1=NC(=O)C2(CCCCC2)C(=O)N1. The average Bonchev–Trinajstić information content (AvgIpc) is 2.35. The summed E-state index contributed by atoms with van der Waals surface area (Å²) in [4.78, 5) is 28.3. The fourth-order valence-electron chi connectivity index (χ4n) is 2.56. The van der Waals surface area contributed by atoms with Crippen LogP contribution in [0.4, 0.5) is 0 Å². The van der Waals surface area contributed by atoms with Gasteiger partial charge in [-0.2, -0.15) is 4.99 Å². The van der Waals surface area contributed by atoms with Crippen LogP contribution in [0.3, 0.4) is 0 Å². The van der Waals surface area contributed by atoms with Gasteiger partial charge in [-0.15, -0.1) is 0 Å². The van der Waals surface area contributed by atoms with Crippen LogP contribution in [0.1, 0.15) is 38.5 Å². The third kappa shape index (κ3) is 2.24. The molecular formula is C12H19N3O2. The summed E-state index contributed by atoms with van der Waals surface area (Å²) in [5.41, 5.74) is -0.846. The normalized spacial score (nSPS) is 23.5. The monoisotopic (exact) mass is 237 g/mol. The number of aliphatic imine (C=N–C) groups is 1. The number of carbonyl (C=O) groups excluding carboxylic acids is 2. The van der Waals surface area contributed by atoms with Crippen molar-refractivity contribution in [2.24, 2.45) is 10.4 Å². The highest BCUT2D eigenvalue weighted by molar-refractivity contribution is 6.18. The summed E-state index contributed by atoms with van der Waals surface area (Å²) in [5, 5.41) is 5.76. The van der Waals surface area contributed by atoms with Crippen molar-refractivity contribution in [1.29, 1.82) is 0 Å². The van der Waals surface area contributed by atoms with Gasteiger partial charge in [0.2, 0.25) is 5.91 Å². The summed E-state index contributed by atoms with van der Waals surface area (Å²) in [7, 11) is 1.83. The second kappa shape index (κ2) is 4.96. The second-order valence-electron chi connectivity index (χ2n) is 4.81. The molecule has 0 aromatic heterocycles. The van der Waals surface area contributed by atoms with Crippen molar-refractivity contribution in [2.75, 3.05) is 13.6 Å². The largest absolute Gasteiger partial charge is 0.319 e. The van der Waals surface area contributed by atoms with Crippen molar-refractivity contribution in [3.63, 3.8) is 0 Å². The third-order valence-electron chi connectivity index (χ3n) is 3.66. The molecule has 1 aliphatic heterocycles. The maximum atomic E-state index is 12.1. The zero-order chi connectivity index (χ0) is 12.3. The first kappa shape index (κ1) is 12.2. The topological polar surface area (TPSA) is 70.6 Å². The highest BCUT2D eigenvalue weighted by Gasteiger charge is 2.48. The van der Waals surface area contributed by atoms with Crippen molar-refractivity contribution in [1.82, 2.24) is 10.6 Å². The number of nitrogens with one attached hydrogen (secondary N) is 2. The van der Waals surface area contributed by atoms with E-state index in [0.29, 0.717) is 31.6 Å². The first-order valence-corrected chi connectivity index (χ1v) is 6.27. The Kier molecular flexibility index (Phi) is 3.57. The van der Waals surface area contributed by atoms with Gasteiger partial charge >= 0.3 is 0 Å². The van der Waals surface area contributed by atoms with Crippen LogP contribution < -0.4 is 10.6 Å². The smallest absolute Gasteiger partial charge is 0.263 e. The van der Waals surface area contributed by atoms with E-state index >= 15 is 0 Å². The van der Waals surface area contributed by atoms with E-state index in [1.54, 1.807) is 0 Å². The van der Waals surface area contributed by atoms with Crippen LogP contribution in [0.5, 0.6) is 0 Å². The number of nitrogens with zero attached hydrogens (tertiary/aromatic N) is 1. The zero-order valence-electron chi connectivity index (χ0n) is 10.2. The van der Waals surface area contributed by atoms with Crippen molar-refractivity contribution >= 4 is 17.6 Å². The molecule has 1 spiro atoms. The molecule has 0 radical (unpaired) electrons. The summed E-state index contributed by atoms with van der Waals surface area (Å²) in [5.74, 6) is 0.140. The summed E-state index contributed by atoms with van der Waals surface area (Å²) < 4.78 is 0. The average molecular weight is 237 g/mol. The van der Waals surface area contributed by atoms with E-state index in [0.717, 1.165) is 19.3 Å². The molecule has 2 amide bonds. The van der Waals surface area contributed by atoms with Gasteiger partial charge in [-0.25, -0.2) is 0 Å². The maximum Gasteiger partial charge on any atom is 0.263 e. The number of amides is 2. The van der Waals surface area contributed by atoms with Crippen molar-refractivity contribution in [3.8, 4) is 0 Å². The van der Waals surface area contributed by atoms with E-state index in [1.165, 1.54) is 0 Å². The molecule has 1 fully saturated rings. The van der Waals surface area contributed by atoms with Gasteiger partial charge < -0.3 is 10.6 Å². The van der Waals surface area contributed by atoms with Crippen LogP contribution in [0.25, 0.3) is 0 Å². The van der Waals surface area contributed by atoms with Crippen LogP contribution in [0.2, 0.25) is 0 Å². The van der Waals surface area contributed by atoms with E-state index in [2.05, 4.69) is 15.6 Å². The number of rotatable bonds is 3. The molecule has 0 atom stereocenters. The van der Waals surface area contributed by atoms with E-state index in [9.17, 15) is 9.59 Å². The number of hydrogen-bond donors (Lipinski definition) is 2. The summed E-state index contributed by atoms with van der Waals surface area (Å²) in [6, 6.07) is 0. The Morgan fingerprint density at radius 1 is 1.29 bits per heavy atom. The lowest BCUT2D eigenvalue weighted by atomic mass is 9.72.